The molecule has 0 bridgehead atoms. The van der Waals surface area contributed by atoms with E-state index in [1.165, 1.54) is 49.7 Å². The summed E-state index contributed by atoms with van der Waals surface area (Å²) in [7, 11) is 0. The third kappa shape index (κ3) is 6.18. The molecule has 0 fully saturated rings. The van der Waals surface area contributed by atoms with Crippen molar-refractivity contribution in [1.29, 1.82) is 0 Å². The van der Waals surface area contributed by atoms with Gasteiger partial charge in [0.05, 0.1) is 16.8 Å². The number of benzene rings is 11. The average molecular weight is 854 g/mol. The Morgan fingerprint density at radius 3 is 1.72 bits per heavy atom. The van der Waals surface area contributed by atoms with E-state index >= 15 is 0 Å². The molecule has 2 heteroatoms. The molecule has 0 amide bonds. The molecule has 0 unspecified atom stereocenters. The van der Waals surface area contributed by atoms with Crippen LogP contribution in [-0.2, 0) is 5.41 Å². The van der Waals surface area contributed by atoms with Crippen LogP contribution < -0.4 is 4.90 Å². The zero-order valence-corrected chi connectivity index (χ0v) is 36.7. The van der Waals surface area contributed by atoms with Crippen LogP contribution in [0.2, 0.25) is 0 Å². The lowest BCUT2D eigenvalue weighted by molar-refractivity contribution is 0.669. The van der Waals surface area contributed by atoms with E-state index in [1.807, 2.05) is 12.1 Å². The zero-order valence-electron chi connectivity index (χ0n) is 36.7. The van der Waals surface area contributed by atoms with Gasteiger partial charge in [0.15, 0.2) is 0 Å². The van der Waals surface area contributed by atoms with E-state index in [9.17, 15) is 0 Å². The highest BCUT2D eigenvalue weighted by Gasteiger charge is 2.47. The maximum absolute atomic E-state index is 6.45. The van der Waals surface area contributed by atoms with Gasteiger partial charge in [-0.1, -0.05) is 218 Å². The van der Waals surface area contributed by atoms with Gasteiger partial charge in [0.2, 0.25) is 0 Å². The van der Waals surface area contributed by atoms with Gasteiger partial charge in [-0.15, -0.1) is 0 Å². The highest BCUT2D eigenvalue weighted by atomic mass is 16.3. The molecule has 13 rings (SSSR count). The van der Waals surface area contributed by atoms with E-state index in [2.05, 4.69) is 254 Å². The van der Waals surface area contributed by atoms with E-state index < -0.39 is 5.41 Å². The number of hydrogen-bond donors (Lipinski definition) is 0. The standard InChI is InChI=1S/C65H43NO/c1-4-19-45(20-5-1)54-39-38-48(53-32-17-22-44-21-10-11-29-52(44)53)42-61(54)66(51-28-16-23-46(41-51)47-37-40-56-55-30-13-15-36-62(55)67-63(56)43-47)60-35-18-34-59-64(60)57-31-12-14-33-58(57)65(59,49-24-6-2-7-25-49)50-26-8-3-9-27-50/h1-43H. The highest BCUT2D eigenvalue weighted by molar-refractivity contribution is 6.06. The van der Waals surface area contributed by atoms with Crippen LogP contribution in [0.1, 0.15) is 22.3 Å². The summed E-state index contributed by atoms with van der Waals surface area (Å²) in [6.07, 6.45) is 0. The molecule has 11 aromatic carbocycles. The van der Waals surface area contributed by atoms with Crippen LogP contribution in [0.4, 0.5) is 17.1 Å². The molecular formula is C65H43NO. The van der Waals surface area contributed by atoms with Crippen LogP contribution >= 0.6 is 0 Å². The third-order valence-corrected chi connectivity index (χ3v) is 13.9. The fourth-order valence-corrected chi connectivity index (χ4v) is 11.0. The minimum Gasteiger partial charge on any atom is -0.456 e. The monoisotopic (exact) mass is 853 g/mol. The number of fused-ring (bicyclic) bond motifs is 7. The Bertz CT molecular complexity index is 3770. The van der Waals surface area contributed by atoms with E-state index in [-0.39, 0.29) is 0 Å². The van der Waals surface area contributed by atoms with Gasteiger partial charge >= 0.3 is 0 Å². The highest BCUT2D eigenvalue weighted by Crippen LogP contribution is 2.60. The summed E-state index contributed by atoms with van der Waals surface area (Å²) in [5, 5.41) is 4.69. The maximum atomic E-state index is 6.45. The molecule has 1 aliphatic carbocycles. The second kappa shape index (κ2) is 15.8. The van der Waals surface area contributed by atoms with Crippen LogP contribution in [0.15, 0.2) is 265 Å². The summed E-state index contributed by atoms with van der Waals surface area (Å²) in [5.41, 5.74) is 18.7. The SMILES string of the molecule is c1ccc(-c2ccc(-c3cccc4ccccc34)cc2N(c2cccc(-c3ccc4c(c3)oc3ccccc34)c2)c2cccc3c2-c2ccccc2C3(c2ccccc2)c2ccccc2)cc1. The molecule has 12 aromatic rings. The lowest BCUT2D eigenvalue weighted by atomic mass is 9.68. The van der Waals surface area contributed by atoms with Crippen molar-refractivity contribution in [2.75, 3.05) is 4.90 Å². The smallest absolute Gasteiger partial charge is 0.136 e. The Kier molecular flexibility index (Phi) is 9.11. The number of furan rings is 1. The van der Waals surface area contributed by atoms with Gasteiger partial charge in [0, 0.05) is 27.6 Å². The second-order valence-corrected chi connectivity index (χ2v) is 17.5. The predicted octanol–water partition coefficient (Wildman–Crippen LogP) is 17.6. The largest absolute Gasteiger partial charge is 0.456 e. The van der Waals surface area contributed by atoms with Crippen LogP contribution in [0, 0.1) is 0 Å². The molecule has 0 atom stereocenters. The Hall–Kier alpha value is -8.72. The van der Waals surface area contributed by atoms with Crippen LogP contribution in [0.5, 0.6) is 0 Å². The predicted molar refractivity (Wildman–Crippen MR) is 280 cm³/mol. The first kappa shape index (κ1) is 38.7. The second-order valence-electron chi connectivity index (χ2n) is 17.5. The molecule has 0 N–H and O–H groups in total. The van der Waals surface area contributed by atoms with Crippen LogP contribution in [0.25, 0.3) is 77.2 Å². The normalized spacial score (nSPS) is 12.6. The van der Waals surface area contributed by atoms with E-state index in [0.29, 0.717) is 0 Å². The summed E-state index contributed by atoms with van der Waals surface area (Å²) in [6.45, 7) is 0. The first-order chi connectivity index (χ1) is 33.2. The summed E-state index contributed by atoms with van der Waals surface area (Å²) < 4.78 is 6.45. The molecule has 1 aromatic heterocycles. The summed E-state index contributed by atoms with van der Waals surface area (Å²) in [6, 6.07) is 95.3. The van der Waals surface area contributed by atoms with Gasteiger partial charge < -0.3 is 9.32 Å². The topological polar surface area (TPSA) is 16.4 Å². The molecule has 1 heterocycles. The number of hydrogen-bond acceptors (Lipinski definition) is 2. The first-order valence-electron chi connectivity index (χ1n) is 23.1. The van der Waals surface area contributed by atoms with Gasteiger partial charge in [0.25, 0.3) is 0 Å². The molecular weight excluding hydrogens is 811 g/mol. The number of anilines is 3. The van der Waals surface area contributed by atoms with Crippen molar-refractivity contribution in [3.05, 3.63) is 283 Å². The Balaban J connectivity index is 1.12. The maximum Gasteiger partial charge on any atom is 0.136 e. The lowest BCUT2D eigenvalue weighted by Gasteiger charge is -2.35. The van der Waals surface area contributed by atoms with Gasteiger partial charge in [-0.05, 0) is 109 Å². The van der Waals surface area contributed by atoms with E-state index in [0.717, 1.165) is 66.8 Å². The molecule has 67 heavy (non-hydrogen) atoms. The molecule has 0 radical (unpaired) electrons. The summed E-state index contributed by atoms with van der Waals surface area (Å²) >= 11 is 0. The van der Waals surface area contributed by atoms with E-state index in [4.69, 9.17) is 4.42 Å². The van der Waals surface area contributed by atoms with Crippen LogP contribution in [-0.4, -0.2) is 0 Å². The zero-order chi connectivity index (χ0) is 44.3. The number of para-hydroxylation sites is 1. The van der Waals surface area contributed by atoms with E-state index in [1.54, 1.807) is 0 Å². The van der Waals surface area contributed by atoms with Crippen LogP contribution in [0.3, 0.4) is 0 Å². The van der Waals surface area contributed by atoms with Crippen molar-refractivity contribution in [2.45, 2.75) is 5.41 Å². The fraction of sp³-hybridized carbons (Fsp3) is 0.0154. The summed E-state index contributed by atoms with van der Waals surface area (Å²) in [5.74, 6) is 0. The third-order valence-electron chi connectivity index (χ3n) is 13.9. The minimum atomic E-state index is -0.562. The van der Waals surface area contributed by atoms with Gasteiger partial charge in [0.1, 0.15) is 11.2 Å². The number of rotatable bonds is 8. The van der Waals surface area contributed by atoms with Crippen molar-refractivity contribution in [3.63, 3.8) is 0 Å². The van der Waals surface area contributed by atoms with Crippen molar-refractivity contribution in [1.82, 2.24) is 0 Å². The Morgan fingerprint density at radius 2 is 0.896 bits per heavy atom. The van der Waals surface area contributed by atoms with Crippen molar-refractivity contribution in [2.24, 2.45) is 0 Å². The quantitative estimate of drug-likeness (QED) is 0.151. The molecule has 0 saturated heterocycles. The molecule has 314 valence electrons. The number of nitrogens with zero attached hydrogens (tertiary/aromatic N) is 1. The molecule has 0 aliphatic heterocycles. The molecule has 0 spiro atoms. The van der Waals surface area contributed by atoms with Crippen molar-refractivity contribution < 1.29 is 4.42 Å². The molecule has 2 nitrogen and oxygen atoms in total. The molecule has 1 aliphatic rings. The van der Waals surface area contributed by atoms with Gasteiger partial charge in [-0.3, -0.25) is 0 Å². The minimum absolute atomic E-state index is 0.562. The average Bonchev–Trinajstić information content (AvgIpc) is 3.93. The van der Waals surface area contributed by atoms with Crippen molar-refractivity contribution >= 4 is 49.8 Å². The fourth-order valence-electron chi connectivity index (χ4n) is 11.0. The Labute approximate surface area is 390 Å². The van der Waals surface area contributed by atoms with Gasteiger partial charge in [-0.25, -0.2) is 0 Å². The van der Waals surface area contributed by atoms with Gasteiger partial charge in [-0.2, -0.15) is 0 Å². The lowest BCUT2D eigenvalue weighted by Crippen LogP contribution is -2.28. The first-order valence-corrected chi connectivity index (χ1v) is 23.1. The summed E-state index contributed by atoms with van der Waals surface area (Å²) in [4.78, 5) is 2.53. The molecule has 0 saturated carbocycles. The van der Waals surface area contributed by atoms with Crippen molar-refractivity contribution in [3.8, 4) is 44.5 Å². The Morgan fingerprint density at radius 1 is 0.313 bits per heavy atom.